The van der Waals surface area contributed by atoms with Gasteiger partial charge in [0, 0.05) is 9.75 Å². The van der Waals surface area contributed by atoms with E-state index < -0.39 is 0 Å². The molecule has 0 saturated carbocycles. The zero-order valence-corrected chi connectivity index (χ0v) is 27.7. The number of rotatable bonds is 4. The van der Waals surface area contributed by atoms with Crippen LogP contribution in [0.25, 0.3) is 0 Å². The molecular weight excluding hydrogens is 492 g/mol. The van der Waals surface area contributed by atoms with Crippen molar-refractivity contribution in [2.24, 2.45) is 9.98 Å². The van der Waals surface area contributed by atoms with Crippen molar-refractivity contribution in [3.63, 3.8) is 0 Å². The number of hydrogen-bond acceptors (Lipinski definition) is 3. The Morgan fingerprint density at radius 1 is 0.462 bits per heavy atom. The van der Waals surface area contributed by atoms with Crippen molar-refractivity contribution in [3.05, 3.63) is 80.5 Å². The fraction of sp³-hybridized carbons (Fsp3) is 0.500. The second kappa shape index (κ2) is 10.8. The second-order valence-corrected chi connectivity index (χ2v) is 16.2. The number of nitrogens with zero attached hydrogens (tertiary/aromatic N) is 2. The first-order chi connectivity index (χ1) is 17.6. The standard InChI is InChI=1S/C36H50N2S/c1-23(37-29-19-25(33(3,4)5)17-26(20-29)34(6,7)8)31-15-16-32(39-31)24(2)38-30-21-27(35(9,10)11)18-28(22-30)36(12,13)14/h15-22H,1-14H3. The van der Waals surface area contributed by atoms with Gasteiger partial charge in [0.05, 0.1) is 22.8 Å². The molecule has 0 N–H and O–H groups in total. The maximum absolute atomic E-state index is 5.10. The first-order valence-corrected chi connectivity index (χ1v) is 15.0. The van der Waals surface area contributed by atoms with Gasteiger partial charge in [-0.15, -0.1) is 11.3 Å². The topological polar surface area (TPSA) is 24.7 Å². The van der Waals surface area contributed by atoms with Crippen molar-refractivity contribution in [3.8, 4) is 0 Å². The van der Waals surface area contributed by atoms with Gasteiger partial charge in [0.1, 0.15) is 0 Å². The Balaban J connectivity index is 1.99. The van der Waals surface area contributed by atoms with Gasteiger partial charge in [-0.05, 0) is 94.2 Å². The van der Waals surface area contributed by atoms with Crippen LogP contribution in [-0.4, -0.2) is 11.4 Å². The predicted octanol–water partition coefficient (Wildman–Crippen LogP) is 11.2. The van der Waals surface area contributed by atoms with Gasteiger partial charge in [0.15, 0.2) is 0 Å². The molecule has 1 heterocycles. The molecule has 0 amide bonds. The van der Waals surface area contributed by atoms with Crippen molar-refractivity contribution in [2.45, 2.75) is 119 Å². The molecule has 1 aromatic heterocycles. The number of thiophene rings is 1. The third kappa shape index (κ3) is 8.01. The SMILES string of the molecule is CC(=Nc1cc(C(C)(C)C)cc(C(C)(C)C)c1)c1ccc(C(C)=Nc2cc(C(C)(C)C)cc(C(C)(C)C)c2)s1. The highest BCUT2D eigenvalue weighted by Crippen LogP contribution is 2.35. The van der Waals surface area contributed by atoms with E-state index in [-0.39, 0.29) is 21.7 Å². The summed E-state index contributed by atoms with van der Waals surface area (Å²) < 4.78 is 0. The Hall–Kier alpha value is -2.52. The van der Waals surface area contributed by atoms with Crippen LogP contribution in [0.5, 0.6) is 0 Å². The Kier molecular flexibility index (Phi) is 8.59. The van der Waals surface area contributed by atoms with Crippen LogP contribution in [0.4, 0.5) is 11.4 Å². The molecule has 0 aliphatic rings. The van der Waals surface area contributed by atoms with Crippen molar-refractivity contribution in [2.75, 3.05) is 0 Å². The smallest absolute Gasteiger partial charge is 0.0639 e. The van der Waals surface area contributed by atoms with Gasteiger partial charge < -0.3 is 0 Å². The van der Waals surface area contributed by atoms with E-state index in [9.17, 15) is 0 Å². The lowest BCUT2D eigenvalue weighted by atomic mass is 9.80. The summed E-state index contributed by atoms with van der Waals surface area (Å²) >= 11 is 1.76. The van der Waals surface area contributed by atoms with Gasteiger partial charge in [-0.3, -0.25) is 9.98 Å². The summed E-state index contributed by atoms with van der Waals surface area (Å²) in [4.78, 5) is 12.6. The summed E-state index contributed by atoms with van der Waals surface area (Å²) in [6.07, 6.45) is 0. The lowest BCUT2D eigenvalue weighted by molar-refractivity contribution is 0.568. The van der Waals surface area contributed by atoms with E-state index in [2.05, 4.69) is 145 Å². The zero-order chi connectivity index (χ0) is 29.6. The average molecular weight is 543 g/mol. The molecule has 3 heteroatoms. The van der Waals surface area contributed by atoms with Gasteiger partial charge in [0.2, 0.25) is 0 Å². The third-order valence-corrected chi connectivity index (χ3v) is 8.52. The zero-order valence-electron chi connectivity index (χ0n) is 26.9. The largest absolute Gasteiger partial charge is 0.252 e. The molecule has 0 atom stereocenters. The summed E-state index contributed by atoms with van der Waals surface area (Å²) in [7, 11) is 0. The van der Waals surface area contributed by atoms with E-state index in [1.807, 2.05) is 0 Å². The molecule has 0 saturated heterocycles. The molecule has 0 radical (unpaired) electrons. The van der Waals surface area contributed by atoms with Crippen molar-refractivity contribution in [1.82, 2.24) is 0 Å². The minimum Gasteiger partial charge on any atom is -0.252 e. The first-order valence-electron chi connectivity index (χ1n) is 14.2. The molecule has 3 aromatic rings. The minimum atomic E-state index is 0.0697. The van der Waals surface area contributed by atoms with E-state index >= 15 is 0 Å². The fourth-order valence-corrected chi connectivity index (χ4v) is 5.20. The summed E-state index contributed by atoms with van der Waals surface area (Å²) in [5.41, 5.74) is 9.70. The Bertz CT molecular complexity index is 1220. The molecule has 0 aliphatic carbocycles. The van der Waals surface area contributed by atoms with Crippen LogP contribution in [-0.2, 0) is 21.7 Å². The molecule has 0 spiro atoms. The number of hydrogen-bond donors (Lipinski definition) is 0. The summed E-state index contributed by atoms with van der Waals surface area (Å²) in [6.45, 7) is 31.5. The molecule has 39 heavy (non-hydrogen) atoms. The highest BCUT2D eigenvalue weighted by Gasteiger charge is 2.22. The van der Waals surface area contributed by atoms with Crippen LogP contribution in [0.3, 0.4) is 0 Å². The van der Waals surface area contributed by atoms with Gasteiger partial charge in [0.25, 0.3) is 0 Å². The molecule has 0 unspecified atom stereocenters. The van der Waals surface area contributed by atoms with E-state index in [0.29, 0.717) is 0 Å². The highest BCUT2D eigenvalue weighted by molar-refractivity contribution is 7.16. The summed E-state index contributed by atoms with van der Waals surface area (Å²) in [5.74, 6) is 0. The monoisotopic (exact) mass is 542 g/mol. The summed E-state index contributed by atoms with van der Waals surface area (Å²) in [6, 6.07) is 18.0. The van der Waals surface area contributed by atoms with E-state index in [0.717, 1.165) is 22.8 Å². The Morgan fingerprint density at radius 3 is 0.949 bits per heavy atom. The van der Waals surface area contributed by atoms with E-state index in [4.69, 9.17) is 9.98 Å². The average Bonchev–Trinajstić information content (AvgIpc) is 3.27. The quantitative estimate of drug-likeness (QED) is 0.293. The van der Waals surface area contributed by atoms with Gasteiger partial charge >= 0.3 is 0 Å². The van der Waals surface area contributed by atoms with Crippen LogP contribution < -0.4 is 0 Å². The summed E-state index contributed by atoms with van der Waals surface area (Å²) in [5, 5.41) is 0. The maximum atomic E-state index is 5.10. The van der Waals surface area contributed by atoms with Gasteiger partial charge in [-0.2, -0.15) is 0 Å². The van der Waals surface area contributed by atoms with Crippen molar-refractivity contribution >= 4 is 34.1 Å². The molecule has 0 fully saturated rings. The van der Waals surface area contributed by atoms with Crippen LogP contribution in [0.2, 0.25) is 0 Å². The van der Waals surface area contributed by atoms with Gasteiger partial charge in [-0.1, -0.05) is 95.2 Å². The van der Waals surface area contributed by atoms with Crippen LogP contribution in [0, 0.1) is 0 Å². The first kappa shape index (κ1) is 31.0. The Labute approximate surface area is 242 Å². The van der Waals surface area contributed by atoms with Crippen LogP contribution >= 0.6 is 11.3 Å². The lowest BCUT2D eigenvalue weighted by Crippen LogP contribution is -2.16. The molecule has 210 valence electrons. The molecule has 3 rings (SSSR count). The maximum Gasteiger partial charge on any atom is 0.0639 e. The van der Waals surface area contributed by atoms with Crippen molar-refractivity contribution in [1.29, 1.82) is 0 Å². The molecular formula is C36H50N2S. The van der Waals surface area contributed by atoms with Crippen LogP contribution in [0.15, 0.2) is 58.5 Å². The number of aliphatic imine (C=N–C) groups is 2. The molecule has 2 aromatic carbocycles. The number of benzene rings is 2. The van der Waals surface area contributed by atoms with Crippen LogP contribution in [0.1, 0.15) is 129 Å². The second-order valence-electron chi connectivity index (χ2n) is 15.1. The molecule has 0 bridgehead atoms. The normalized spacial score (nSPS) is 14.2. The van der Waals surface area contributed by atoms with E-state index in [1.54, 1.807) is 11.3 Å². The Morgan fingerprint density at radius 2 is 0.718 bits per heavy atom. The third-order valence-electron chi connectivity index (χ3n) is 7.21. The van der Waals surface area contributed by atoms with Gasteiger partial charge in [-0.25, -0.2) is 0 Å². The lowest BCUT2D eigenvalue weighted by Gasteiger charge is -2.25. The highest BCUT2D eigenvalue weighted by atomic mass is 32.1. The van der Waals surface area contributed by atoms with Crippen molar-refractivity contribution < 1.29 is 0 Å². The minimum absolute atomic E-state index is 0.0697. The predicted molar refractivity (Wildman–Crippen MR) is 176 cm³/mol. The fourth-order valence-electron chi connectivity index (χ4n) is 4.31. The van der Waals surface area contributed by atoms with E-state index in [1.165, 1.54) is 32.0 Å². The molecule has 0 aliphatic heterocycles. The molecule has 2 nitrogen and oxygen atoms in total.